The Balaban J connectivity index is 1.59. The van der Waals surface area contributed by atoms with Gasteiger partial charge in [0.15, 0.2) is 17.0 Å². The van der Waals surface area contributed by atoms with Crippen LogP contribution in [0, 0.1) is 0 Å². The smallest absolute Gasteiger partial charge is 0.332 e. The summed E-state index contributed by atoms with van der Waals surface area (Å²) in [6.45, 7) is 7.47. The minimum Gasteiger partial charge on any atom is -0.383 e. The Morgan fingerprint density at radius 2 is 1.69 bits per heavy atom. The Bertz CT molecular complexity index is 1700. The van der Waals surface area contributed by atoms with Crippen molar-refractivity contribution in [2.75, 3.05) is 13.7 Å². The molecular weight excluding hydrogens is 496 g/mol. The van der Waals surface area contributed by atoms with Gasteiger partial charge in [-0.25, -0.2) is 14.9 Å². The van der Waals surface area contributed by atoms with E-state index in [0.29, 0.717) is 30.1 Å². The van der Waals surface area contributed by atoms with Gasteiger partial charge in [0.05, 0.1) is 13.2 Å². The number of methoxy groups -OCH3 is 1. The van der Waals surface area contributed by atoms with Crippen molar-refractivity contribution in [3.8, 4) is 22.5 Å². The van der Waals surface area contributed by atoms with Gasteiger partial charge in [0.2, 0.25) is 0 Å². The summed E-state index contributed by atoms with van der Waals surface area (Å²) in [5.74, 6) is 1.42. The number of imidazole rings is 1. The fourth-order valence-electron chi connectivity index (χ4n) is 4.90. The zero-order valence-corrected chi connectivity index (χ0v) is 22.6. The van der Waals surface area contributed by atoms with Gasteiger partial charge in [-0.2, -0.15) is 0 Å². The lowest BCUT2D eigenvalue weighted by Crippen LogP contribution is -2.41. The SMILES string of the molecule is CCCn1c(=O)n(CCOC)c(=O)c2c1nc(C(C)C)n2Cc1ccc(-c2ccccc2-c2nnn[nH]2)cc1. The van der Waals surface area contributed by atoms with E-state index in [1.807, 2.05) is 61.7 Å². The van der Waals surface area contributed by atoms with Gasteiger partial charge >= 0.3 is 5.69 Å². The molecule has 0 fully saturated rings. The number of hydrogen-bond acceptors (Lipinski definition) is 7. The van der Waals surface area contributed by atoms with Crippen LogP contribution in [0.5, 0.6) is 0 Å². The molecule has 39 heavy (non-hydrogen) atoms. The molecule has 0 radical (unpaired) electrons. The van der Waals surface area contributed by atoms with Crippen molar-refractivity contribution in [3.05, 3.63) is 80.8 Å². The van der Waals surface area contributed by atoms with Crippen LogP contribution in [0.2, 0.25) is 0 Å². The fourth-order valence-corrected chi connectivity index (χ4v) is 4.90. The summed E-state index contributed by atoms with van der Waals surface area (Å²) in [4.78, 5) is 31.7. The Kier molecular flexibility index (Phi) is 7.51. The number of hydrogen-bond donors (Lipinski definition) is 1. The second-order valence-corrected chi connectivity index (χ2v) is 9.76. The first-order chi connectivity index (χ1) is 18.9. The van der Waals surface area contributed by atoms with Crippen LogP contribution in [0.3, 0.4) is 0 Å². The number of aromatic nitrogens is 8. The quantitative estimate of drug-likeness (QED) is 0.294. The molecule has 2 aromatic carbocycles. The summed E-state index contributed by atoms with van der Waals surface area (Å²) in [7, 11) is 1.56. The van der Waals surface area contributed by atoms with Crippen molar-refractivity contribution >= 4 is 11.2 Å². The molecule has 0 unspecified atom stereocenters. The highest BCUT2D eigenvalue weighted by Crippen LogP contribution is 2.30. The average Bonchev–Trinajstić information content (AvgIpc) is 3.61. The van der Waals surface area contributed by atoms with E-state index in [1.165, 1.54) is 4.57 Å². The van der Waals surface area contributed by atoms with E-state index in [0.717, 1.165) is 34.5 Å². The van der Waals surface area contributed by atoms with Crippen molar-refractivity contribution in [2.45, 2.75) is 52.7 Å². The Hall–Kier alpha value is -4.38. The number of fused-ring (bicyclic) bond motifs is 1. The monoisotopic (exact) mass is 528 g/mol. The van der Waals surface area contributed by atoms with Crippen molar-refractivity contribution in [1.29, 1.82) is 0 Å². The Labute approximate surface area is 225 Å². The van der Waals surface area contributed by atoms with E-state index in [-0.39, 0.29) is 30.3 Å². The number of tetrazole rings is 1. The maximum absolute atomic E-state index is 13.7. The summed E-state index contributed by atoms with van der Waals surface area (Å²) in [5.41, 5.74) is 4.12. The van der Waals surface area contributed by atoms with Gasteiger partial charge in [0.25, 0.3) is 5.56 Å². The highest BCUT2D eigenvalue weighted by atomic mass is 16.5. The van der Waals surface area contributed by atoms with E-state index >= 15 is 0 Å². The third-order valence-corrected chi connectivity index (χ3v) is 6.76. The van der Waals surface area contributed by atoms with Crippen LogP contribution in [-0.4, -0.2) is 53.0 Å². The molecule has 0 bridgehead atoms. The maximum Gasteiger partial charge on any atom is 0.332 e. The fraction of sp³-hybridized carbons (Fsp3) is 0.357. The number of aromatic amines is 1. The minimum atomic E-state index is -0.351. The molecule has 1 N–H and O–H groups in total. The van der Waals surface area contributed by atoms with Crippen LogP contribution in [-0.2, 0) is 24.4 Å². The first-order valence-electron chi connectivity index (χ1n) is 13.1. The molecule has 0 aliphatic carbocycles. The predicted octanol–water partition coefficient (Wildman–Crippen LogP) is 3.43. The zero-order chi connectivity index (χ0) is 27.5. The summed E-state index contributed by atoms with van der Waals surface area (Å²) in [6.07, 6.45) is 0.744. The minimum absolute atomic E-state index is 0.0519. The number of benzene rings is 2. The van der Waals surface area contributed by atoms with Crippen LogP contribution >= 0.6 is 0 Å². The van der Waals surface area contributed by atoms with Crippen molar-refractivity contribution < 1.29 is 4.74 Å². The van der Waals surface area contributed by atoms with Crippen molar-refractivity contribution in [3.63, 3.8) is 0 Å². The molecule has 5 rings (SSSR count). The van der Waals surface area contributed by atoms with Crippen molar-refractivity contribution in [2.24, 2.45) is 0 Å². The van der Waals surface area contributed by atoms with Gasteiger partial charge in [0.1, 0.15) is 5.82 Å². The van der Waals surface area contributed by atoms with E-state index in [9.17, 15) is 9.59 Å². The average molecular weight is 529 g/mol. The van der Waals surface area contributed by atoms with E-state index in [2.05, 4.69) is 32.8 Å². The molecule has 0 saturated heterocycles. The van der Waals surface area contributed by atoms with Gasteiger partial charge < -0.3 is 9.30 Å². The third kappa shape index (κ3) is 4.92. The highest BCUT2D eigenvalue weighted by molar-refractivity contribution is 5.80. The topological polar surface area (TPSA) is 126 Å². The Morgan fingerprint density at radius 3 is 2.33 bits per heavy atom. The van der Waals surface area contributed by atoms with Crippen LogP contribution in [0.15, 0.2) is 58.1 Å². The molecule has 0 aliphatic rings. The van der Waals surface area contributed by atoms with Crippen LogP contribution < -0.4 is 11.2 Å². The van der Waals surface area contributed by atoms with Crippen LogP contribution in [0.1, 0.15) is 44.5 Å². The maximum atomic E-state index is 13.7. The molecular formula is C28H32N8O3. The second-order valence-electron chi connectivity index (χ2n) is 9.76. The third-order valence-electron chi connectivity index (χ3n) is 6.76. The number of aryl methyl sites for hydroxylation is 1. The number of nitrogens with zero attached hydrogens (tertiary/aromatic N) is 7. The molecule has 11 nitrogen and oxygen atoms in total. The molecule has 0 saturated carbocycles. The van der Waals surface area contributed by atoms with Gasteiger partial charge in [-0.15, -0.1) is 5.10 Å². The normalized spacial score (nSPS) is 11.6. The molecule has 3 aromatic heterocycles. The first-order valence-corrected chi connectivity index (χ1v) is 13.1. The number of ether oxygens (including phenoxy) is 1. The lowest BCUT2D eigenvalue weighted by Gasteiger charge is -2.14. The highest BCUT2D eigenvalue weighted by Gasteiger charge is 2.23. The van der Waals surface area contributed by atoms with Gasteiger partial charge in [-0.3, -0.25) is 13.9 Å². The summed E-state index contributed by atoms with van der Waals surface area (Å²) in [6, 6.07) is 16.1. The predicted molar refractivity (Wildman–Crippen MR) is 149 cm³/mol. The molecule has 0 atom stereocenters. The van der Waals surface area contributed by atoms with E-state index in [4.69, 9.17) is 9.72 Å². The summed E-state index contributed by atoms with van der Waals surface area (Å²) >= 11 is 0. The molecule has 0 aliphatic heterocycles. The number of H-pyrrole nitrogens is 1. The molecule has 202 valence electrons. The first kappa shape index (κ1) is 26.2. The molecule has 0 spiro atoms. The summed E-state index contributed by atoms with van der Waals surface area (Å²) < 4.78 is 10.0. The molecule has 11 heteroatoms. The van der Waals surface area contributed by atoms with Gasteiger partial charge in [-0.05, 0) is 33.5 Å². The van der Waals surface area contributed by atoms with Gasteiger partial charge in [-0.1, -0.05) is 69.3 Å². The van der Waals surface area contributed by atoms with Gasteiger partial charge in [0, 0.05) is 31.7 Å². The molecule has 0 amide bonds. The summed E-state index contributed by atoms with van der Waals surface area (Å²) in [5, 5.41) is 14.3. The largest absolute Gasteiger partial charge is 0.383 e. The van der Waals surface area contributed by atoms with Crippen molar-refractivity contribution in [1.82, 2.24) is 39.3 Å². The number of nitrogens with one attached hydrogen (secondary N) is 1. The molecule has 5 aromatic rings. The lowest BCUT2D eigenvalue weighted by molar-refractivity contribution is 0.184. The zero-order valence-electron chi connectivity index (χ0n) is 22.6. The molecule has 3 heterocycles. The van der Waals surface area contributed by atoms with Crippen LogP contribution in [0.25, 0.3) is 33.7 Å². The standard InChI is InChI=1S/C28H32N8O3/c1-5-14-34-26-23(27(37)35(28(34)38)15-16-39-4)36(25(29-26)18(2)3)17-19-10-12-20(13-11-19)21-8-6-7-9-22(21)24-30-32-33-31-24/h6-13,18H,5,14-17H2,1-4H3,(H,30,31,32,33). The van der Waals surface area contributed by atoms with Crippen LogP contribution in [0.4, 0.5) is 0 Å². The number of rotatable bonds is 10. The lowest BCUT2D eigenvalue weighted by atomic mass is 9.98. The Morgan fingerprint density at radius 1 is 0.949 bits per heavy atom. The van der Waals surface area contributed by atoms with E-state index in [1.54, 1.807) is 11.7 Å². The van der Waals surface area contributed by atoms with E-state index < -0.39 is 0 Å². The second kappa shape index (κ2) is 11.2.